The highest BCUT2D eigenvalue weighted by molar-refractivity contribution is 5.69. The first kappa shape index (κ1) is 11.0. The van der Waals surface area contributed by atoms with Crippen LogP contribution in [0.4, 0.5) is 0 Å². The molecule has 0 atom stereocenters. The molecule has 0 spiro atoms. The molecule has 13 heavy (non-hydrogen) atoms. The second-order valence-electron chi connectivity index (χ2n) is 2.24. The zero-order valence-corrected chi connectivity index (χ0v) is 7.08. The molecule has 0 rings (SSSR count). The number of rotatable bonds is 5. The standard InChI is InChI=1S/C9H10N2O2/c1-7(5-10)3-4-8(2)11-6-9(12)13/h3-4,11H,1-2,6H2,(H,12,13)/b4-3-. The van der Waals surface area contributed by atoms with Crippen LogP contribution in [0, 0.1) is 11.3 Å². The SMILES string of the molecule is C=C(C#N)/C=C\C(=C)NCC(=O)O. The number of nitrogens with zero attached hydrogens (tertiary/aromatic N) is 1. The molecule has 4 nitrogen and oxygen atoms in total. The van der Waals surface area contributed by atoms with E-state index in [1.807, 2.05) is 6.07 Å². The number of hydrogen-bond donors (Lipinski definition) is 2. The van der Waals surface area contributed by atoms with E-state index in [2.05, 4.69) is 18.5 Å². The van der Waals surface area contributed by atoms with Crippen molar-refractivity contribution in [3.8, 4) is 6.07 Å². The summed E-state index contributed by atoms with van der Waals surface area (Å²) in [6, 6.07) is 1.82. The van der Waals surface area contributed by atoms with Gasteiger partial charge in [-0.3, -0.25) is 4.79 Å². The van der Waals surface area contributed by atoms with Crippen molar-refractivity contribution in [1.82, 2.24) is 5.32 Å². The van der Waals surface area contributed by atoms with Crippen molar-refractivity contribution in [2.24, 2.45) is 0 Å². The average molecular weight is 178 g/mol. The number of nitrogens with one attached hydrogen (secondary N) is 1. The quantitative estimate of drug-likeness (QED) is 0.482. The highest BCUT2D eigenvalue weighted by Crippen LogP contribution is 1.93. The molecule has 0 amide bonds. The first-order chi connectivity index (χ1) is 6.06. The lowest BCUT2D eigenvalue weighted by molar-refractivity contribution is -0.135. The maximum Gasteiger partial charge on any atom is 0.322 e. The number of carboxylic acids is 1. The van der Waals surface area contributed by atoms with Crippen molar-refractivity contribution in [2.45, 2.75) is 0 Å². The summed E-state index contributed by atoms with van der Waals surface area (Å²) in [5.74, 6) is -0.964. The largest absolute Gasteiger partial charge is 0.480 e. The highest BCUT2D eigenvalue weighted by Gasteiger charge is 1.94. The summed E-state index contributed by atoms with van der Waals surface area (Å²) in [5.41, 5.74) is 0.720. The molecule has 0 aromatic carbocycles. The lowest BCUT2D eigenvalue weighted by Crippen LogP contribution is -2.20. The Hall–Kier alpha value is -2.02. The normalized spacial score (nSPS) is 9.15. The topological polar surface area (TPSA) is 73.1 Å². The molecule has 0 heterocycles. The predicted octanol–water partition coefficient (Wildman–Crippen LogP) is 0.810. The maximum absolute atomic E-state index is 10.1. The maximum atomic E-state index is 10.1. The van der Waals surface area contributed by atoms with Crippen LogP contribution in [-0.2, 0) is 4.79 Å². The van der Waals surface area contributed by atoms with Crippen molar-refractivity contribution < 1.29 is 9.90 Å². The van der Waals surface area contributed by atoms with Gasteiger partial charge in [0.25, 0.3) is 0 Å². The summed E-state index contributed by atoms with van der Waals surface area (Å²) in [7, 11) is 0. The molecule has 0 bridgehead atoms. The molecular weight excluding hydrogens is 168 g/mol. The third-order valence-corrected chi connectivity index (χ3v) is 1.10. The van der Waals surface area contributed by atoms with Gasteiger partial charge in [0.05, 0.1) is 6.07 Å². The molecule has 0 aliphatic rings. The smallest absolute Gasteiger partial charge is 0.322 e. The molecule has 4 heteroatoms. The Morgan fingerprint density at radius 1 is 1.54 bits per heavy atom. The Bertz CT molecular complexity index is 297. The molecule has 0 fully saturated rings. The van der Waals surface area contributed by atoms with Gasteiger partial charge in [-0.15, -0.1) is 0 Å². The molecule has 2 N–H and O–H groups in total. The molecule has 0 aliphatic carbocycles. The monoisotopic (exact) mass is 178 g/mol. The van der Waals surface area contributed by atoms with Gasteiger partial charge in [-0.1, -0.05) is 13.2 Å². The molecule has 0 aromatic rings. The van der Waals surface area contributed by atoms with Crippen LogP contribution in [0.5, 0.6) is 0 Å². The lowest BCUT2D eigenvalue weighted by Gasteiger charge is -2.00. The minimum Gasteiger partial charge on any atom is -0.480 e. The van der Waals surface area contributed by atoms with Crippen LogP contribution in [0.15, 0.2) is 36.6 Å². The van der Waals surface area contributed by atoms with Gasteiger partial charge in [0.2, 0.25) is 0 Å². The molecule has 0 saturated heterocycles. The van der Waals surface area contributed by atoms with E-state index in [4.69, 9.17) is 10.4 Å². The Morgan fingerprint density at radius 3 is 2.62 bits per heavy atom. The van der Waals surface area contributed by atoms with E-state index in [9.17, 15) is 4.79 Å². The second kappa shape index (κ2) is 5.61. The summed E-state index contributed by atoms with van der Waals surface area (Å²) < 4.78 is 0. The fourth-order valence-corrected chi connectivity index (χ4v) is 0.487. The average Bonchev–Trinajstić information content (AvgIpc) is 2.10. The number of allylic oxidation sites excluding steroid dienone is 3. The highest BCUT2D eigenvalue weighted by atomic mass is 16.4. The first-order valence-electron chi connectivity index (χ1n) is 3.48. The fourth-order valence-electron chi connectivity index (χ4n) is 0.487. The third kappa shape index (κ3) is 6.38. The van der Waals surface area contributed by atoms with E-state index in [0.717, 1.165) is 0 Å². The molecule has 0 saturated carbocycles. The van der Waals surface area contributed by atoms with Gasteiger partial charge in [-0.25, -0.2) is 0 Å². The van der Waals surface area contributed by atoms with Gasteiger partial charge in [-0.05, 0) is 12.2 Å². The summed E-state index contributed by atoms with van der Waals surface area (Å²) >= 11 is 0. The van der Waals surface area contributed by atoms with Crippen LogP contribution in [0.3, 0.4) is 0 Å². The van der Waals surface area contributed by atoms with Crippen LogP contribution >= 0.6 is 0 Å². The molecule has 0 unspecified atom stereocenters. The zero-order chi connectivity index (χ0) is 10.3. The number of carbonyl (C=O) groups is 1. The number of aliphatic carboxylic acids is 1. The Balaban J connectivity index is 3.89. The van der Waals surface area contributed by atoms with Crippen molar-refractivity contribution >= 4 is 5.97 Å². The number of carboxylic acid groups (broad SMARTS) is 1. The van der Waals surface area contributed by atoms with Crippen LogP contribution in [0.1, 0.15) is 0 Å². The summed E-state index contributed by atoms with van der Waals surface area (Å²) in [6.07, 6.45) is 2.95. The van der Waals surface area contributed by atoms with Gasteiger partial charge in [0.15, 0.2) is 0 Å². The Labute approximate surface area is 76.5 Å². The third-order valence-electron chi connectivity index (χ3n) is 1.10. The Kier molecular flexibility index (Phi) is 4.74. The lowest BCUT2D eigenvalue weighted by atomic mass is 10.3. The minimum absolute atomic E-state index is 0.192. The van der Waals surface area contributed by atoms with Gasteiger partial charge in [-0.2, -0.15) is 5.26 Å². The van der Waals surface area contributed by atoms with Crippen LogP contribution in [0.25, 0.3) is 0 Å². The van der Waals surface area contributed by atoms with Crippen molar-refractivity contribution in [3.05, 3.63) is 36.6 Å². The van der Waals surface area contributed by atoms with Gasteiger partial charge >= 0.3 is 5.97 Å². The Morgan fingerprint density at radius 2 is 2.15 bits per heavy atom. The fraction of sp³-hybridized carbons (Fsp3) is 0.111. The van der Waals surface area contributed by atoms with Crippen molar-refractivity contribution in [1.29, 1.82) is 5.26 Å². The van der Waals surface area contributed by atoms with E-state index in [0.29, 0.717) is 11.3 Å². The minimum atomic E-state index is -0.964. The summed E-state index contributed by atoms with van der Waals surface area (Å²) in [6.45, 7) is 6.74. The number of nitriles is 1. The summed E-state index contributed by atoms with van der Waals surface area (Å²) in [5, 5.41) is 19.1. The van der Waals surface area contributed by atoms with Crippen molar-refractivity contribution in [3.63, 3.8) is 0 Å². The molecule has 68 valence electrons. The van der Waals surface area contributed by atoms with Crippen molar-refractivity contribution in [2.75, 3.05) is 6.54 Å². The van der Waals surface area contributed by atoms with E-state index < -0.39 is 5.97 Å². The molecule has 0 aromatic heterocycles. The molecule has 0 radical (unpaired) electrons. The van der Waals surface area contributed by atoms with E-state index >= 15 is 0 Å². The van der Waals surface area contributed by atoms with E-state index in [-0.39, 0.29) is 6.54 Å². The first-order valence-corrected chi connectivity index (χ1v) is 3.48. The van der Waals surface area contributed by atoms with Gasteiger partial charge in [0, 0.05) is 11.3 Å². The van der Waals surface area contributed by atoms with Crippen LogP contribution in [0.2, 0.25) is 0 Å². The van der Waals surface area contributed by atoms with Crippen LogP contribution in [-0.4, -0.2) is 17.6 Å². The number of hydrogen-bond acceptors (Lipinski definition) is 3. The molecule has 0 aliphatic heterocycles. The predicted molar refractivity (Wildman–Crippen MR) is 48.7 cm³/mol. The van der Waals surface area contributed by atoms with Gasteiger partial charge < -0.3 is 10.4 Å². The summed E-state index contributed by atoms with van der Waals surface area (Å²) in [4.78, 5) is 10.1. The second-order valence-corrected chi connectivity index (χ2v) is 2.24. The molecular formula is C9H10N2O2. The van der Waals surface area contributed by atoms with Gasteiger partial charge in [0.1, 0.15) is 6.54 Å². The van der Waals surface area contributed by atoms with Crippen LogP contribution < -0.4 is 5.32 Å². The zero-order valence-electron chi connectivity index (χ0n) is 7.08. The van der Waals surface area contributed by atoms with E-state index in [1.165, 1.54) is 12.2 Å². The van der Waals surface area contributed by atoms with E-state index in [1.54, 1.807) is 0 Å².